The van der Waals surface area contributed by atoms with Crippen molar-refractivity contribution in [1.82, 2.24) is 0 Å². The van der Waals surface area contributed by atoms with E-state index < -0.39 is 0 Å². The smallest absolute Gasteiger partial charge is 0.197 e. The summed E-state index contributed by atoms with van der Waals surface area (Å²) in [5, 5.41) is 0.937. The molecule has 0 saturated heterocycles. The fourth-order valence-electron chi connectivity index (χ4n) is 1.58. The van der Waals surface area contributed by atoms with Gasteiger partial charge in [0.2, 0.25) is 0 Å². The highest BCUT2D eigenvalue weighted by Crippen LogP contribution is 2.39. The van der Waals surface area contributed by atoms with Crippen LogP contribution in [0.5, 0.6) is 0 Å². The molecule has 20 heavy (non-hydrogen) atoms. The van der Waals surface area contributed by atoms with Crippen molar-refractivity contribution in [3.05, 3.63) is 65.0 Å². The van der Waals surface area contributed by atoms with E-state index in [0.717, 1.165) is 0 Å². The average molecular weight is 433 g/mol. The second kappa shape index (κ2) is 6.43. The van der Waals surface area contributed by atoms with E-state index in [4.69, 9.17) is 58.0 Å². The number of hydrogen-bond acceptors (Lipinski definition) is 1. The summed E-state index contributed by atoms with van der Waals surface area (Å²) in [6.07, 6.45) is 0. The highest BCUT2D eigenvalue weighted by Gasteiger charge is 2.22. The van der Waals surface area contributed by atoms with Crippen molar-refractivity contribution in [3.63, 3.8) is 0 Å². The largest absolute Gasteiger partial charge is 0.288 e. The van der Waals surface area contributed by atoms with Gasteiger partial charge in [0.1, 0.15) is 0 Å². The molecule has 0 bridgehead atoms. The second-order valence-electron chi connectivity index (χ2n) is 3.80. The van der Waals surface area contributed by atoms with Crippen LogP contribution < -0.4 is 0 Å². The Morgan fingerprint density at radius 3 is 2.15 bits per heavy atom. The lowest BCUT2D eigenvalue weighted by Crippen LogP contribution is -2.05. The topological polar surface area (TPSA) is 17.1 Å². The Balaban J connectivity index is 2.63. The molecule has 0 atom stereocenters. The molecule has 0 spiro atoms. The predicted molar refractivity (Wildman–Crippen MR) is 89.1 cm³/mol. The summed E-state index contributed by atoms with van der Waals surface area (Å²) < 4.78 is 0.535. The molecule has 0 saturated carbocycles. The van der Waals surface area contributed by atoms with Crippen LogP contribution >= 0.6 is 73.9 Å². The van der Waals surface area contributed by atoms with Crippen molar-refractivity contribution in [3.8, 4) is 0 Å². The Hall–Kier alpha value is 0.0400. The number of rotatable bonds is 2. The van der Waals surface area contributed by atoms with Crippen LogP contribution in [0.2, 0.25) is 25.1 Å². The van der Waals surface area contributed by atoms with Crippen LogP contribution in [0.25, 0.3) is 0 Å². The van der Waals surface area contributed by atoms with Crippen LogP contribution in [0.3, 0.4) is 0 Å². The van der Waals surface area contributed by atoms with Crippen molar-refractivity contribution in [2.24, 2.45) is 0 Å². The maximum atomic E-state index is 12.5. The summed E-state index contributed by atoms with van der Waals surface area (Å²) in [4.78, 5) is 12.5. The van der Waals surface area contributed by atoms with Gasteiger partial charge in [0.25, 0.3) is 0 Å². The molecule has 104 valence electrons. The summed E-state index contributed by atoms with van der Waals surface area (Å²) in [7, 11) is 0. The fraction of sp³-hybridized carbons (Fsp3) is 0. The van der Waals surface area contributed by atoms with E-state index >= 15 is 0 Å². The van der Waals surface area contributed by atoms with E-state index in [-0.39, 0.29) is 31.4 Å². The van der Waals surface area contributed by atoms with Crippen LogP contribution in [0.15, 0.2) is 28.7 Å². The summed E-state index contributed by atoms with van der Waals surface area (Å²) in [5.41, 5.74) is 0.474. The Labute approximate surface area is 148 Å². The van der Waals surface area contributed by atoms with Gasteiger partial charge in [0, 0.05) is 15.1 Å². The second-order valence-corrected chi connectivity index (χ2v) is 6.66. The van der Waals surface area contributed by atoms with E-state index in [2.05, 4.69) is 15.9 Å². The molecule has 1 nitrogen and oxygen atoms in total. The minimum Gasteiger partial charge on any atom is -0.288 e. The van der Waals surface area contributed by atoms with E-state index in [0.29, 0.717) is 15.1 Å². The molecule has 2 aromatic carbocycles. The van der Waals surface area contributed by atoms with Crippen LogP contribution in [0.1, 0.15) is 15.9 Å². The minimum atomic E-state index is -0.373. The number of ketones is 1. The van der Waals surface area contributed by atoms with Gasteiger partial charge >= 0.3 is 0 Å². The average Bonchev–Trinajstić information content (AvgIpc) is 2.36. The third-order valence-electron chi connectivity index (χ3n) is 2.52. The molecule has 0 heterocycles. The minimum absolute atomic E-state index is 0.0241. The van der Waals surface area contributed by atoms with Crippen LogP contribution in [0, 0.1) is 0 Å². The van der Waals surface area contributed by atoms with E-state index in [1.165, 1.54) is 6.07 Å². The van der Waals surface area contributed by atoms with E-state index in [1.807, 2.05) is 0 Å². The van der Waals surface area contributed by atoms with Gasteiger partial charge in [-0.2, -0.15) is 0 Å². The summed E-state index contributed by atoms with van der Waals surface area (Å²) in [6.45, 7) is 0. The highest BCUT2D eigenvalue weighted by atomic mass is 79.9. The monoisotopic (exact) mass is 430 g/mol. The van der Waals surface area contributed by atoms with Gasteiger partial charge in [-0.1, -0.05) is 58.0 Å². The van der Waals surface area contributed by atoms with Crippen molar-refractivity contribution in [1.29, 1.82) is 0 Å². The molecule has 0 unspecified atom stereocenters. The molecule has 0 amide bonds. The predicted octanol–water partition coefficient (Wildman–Crippen LogP) is 6.95. The quantitative estimate of drug-likeness (QED) is 0.285. The number of benzene rings is 2. The molecule has 2 rings (SSSR count). The van der Waals surface area contributed by atoms with Crippen molar-refractivity contribution < 1.29 is 4.79 Å². The third-order valence-corrected chi connectivity index (χ3v) is 4.97. The molecule has 0 radical (unpaired) electrons. The molecule has 0 aliphatic heterocycles. The van der Waals surface area contributed by atoms with Crippen molar-refractivity contribution >= 4 is 79.7 Å². The molecule has 0 aromatic heterocycles. The zero-order chi connectivity index (χ0) is 15.0. The molecule has 2 aromatic rings. The van der Waals surface area contributed by atoms with Crippen LogP contribution in [-0.2, 0) is 0 Å². The maximum absolute atomic E-state index is 12.5. The van der Waals surface area contributed by atoms with Gasteiger partial charge in [-0.05, 0) is 40.2 Å². The van der Waals surface area contributed by atoms with E-state index in [9.17, 15) is 4.79 Å². The van der Waals surface area contributed by atoms with Gasteiger partial charge in [-0.3, -0.25) is 4.79 Å². The van der Waals surface area contributed by atoms with Gasteiger partial charge in [0.05, 0.1) is 25.7 Å². The Morgan fingerprint density at radius 2 is 1.55 bits per heavy atom. The molecule has 7 heteroatoms. The lowest BCUT2D eigenvalue weighted by atomic mass is 10.0. The maximum Gasteiger partial charge on any atom is 0.197 e. The third kappa shape index (κ3) is 3.11. The first kappa shape index (κ1) is 16.4. The van der Waals surface area contributed by atoms with Gasteiger partial charge < -0.3 is 0 Å². The molecular formula is C13H4BrCl5O. The van der Waals surface area contributed by atoms with Gasteiger partial charge in [-0.25, -0.2) is 0 Å². The summed E-state index contributed by atoms with van der Waals surface area (Å²) in [6, 6.07) is 6.16. The normalized spacial score (nSPS) is 10.7. The number of hydrogen-bond donors (Lipinski definition) is 0. The molecule has 0 aliphatic rings. The highest BCUT2D eigenvalue weighted by molar-refractivity contribution is 9.10. The lowest BCUT2D eigenvalue weighted by Gasteiger charge is -2.10. The number of carbonyl (C=O) groups is 1. The first-order valence-electron chi connectivity index (χ1n) is 5.15. The molecule has 0 N–H and O–H groups in total. The number of carbonyl (C=O) groups excluding carboxylic acids is 1. The molecular weight excluding hydrogens is 429 g/mol. The lowest BCUT2D eigenvalue weighted by molar-refractivity contribution is 0.103. The Kier molecular flexibility index (Phi) is 5.28. The summed E-state index contributed by atoms with van der Waals surface area (Å²) >= 11 is 33.0. The van der Waals surface area contributed by atoms with Crippen LogP contribution in [0.4, 0.5) is 0 Å². The fourth-order valence-corrected chi connectivity index (χ4v) is 3.53. The Bertz CT molecular complexity index is 714. The zero-order valence-electron chi connectivity index (χ0n) is 9.49. The SMILES string of the molecule is O=C(c1ccc(Cl)cc1Br)c1c(Cl)cc(Cl)c(Cl)c1Cl. The van der Waals surface area contributed by atoms with E-state index in [1.54, 1.807) is 18.2 Å². The van der Waals surface area contributed by atoms with Crippen molar-refractivity contribution in [2.45, 2.75) is 0 Å². The number of halogens is 6. The zero-order valence-corrected chi connectivity index (χ0v) is 14.9. The van der Waals surface area contributed by atoms with Gasteiger partial charge in [0.15, 0.2) is 5.78 Å². The standard InChI is InChI=1S/C13H4BrCl5O/c14-7-3-5(15)1-2-6(7)13(20)10-8(16)4-9(17)11(18)12(10)19/h1-4H. The first-order chi connectivity index (χ1) is 9.32. The molecule has 0 fully saturated rings. The summed E-state index contributed by atoms with van der Waals surface area (Å²) in [5.74, 6) is -0.373. The Morgan fingerprint density at radius 1 is 0.900 bits per heavy atom. The van der Waals surface area contributed by atoms with Gasteiger partial charge in [-0.15, -0.1) is 0 Å². The molecule has 0 aliphatic carbocycles. The van der Waals surface area contributed by atoms with Crippen molar-refractivity contribution in [2.75, 3.05) is 0 Å². The first-order valence-corrected chi connectivity index (χ1v) is 7.84. The van der Waals surface area contributed by atoms with Crippen LogP contribution in [-0.4, -0.2) is 5.78 Å².